The molecule has 1 aliphatic rings. The van der Waals surface area contributed by atoms with Gasteiger partial charge in [0, 0.05) is 18.1 Å². The summed E-state index contributed by atoms with van der Waals surface area (Å²) in [5.74, 6) is -0.0115. The maximum atomic E-state index is 12.9. The molecule has 0 bridgehead atoms. The van der Waals surface area contributed by atoms with E-state index in [4.69, 9.17) is 11.6 Å². The molecule has 0 saturated carbocycles. The Morgan fingerprint density at radius 1 is 1.55 bits per heavy atom. The number of carbonyl (C=O) groups is 1. The molecule has 0 saturated heterocycles. The first-order chi connectivity index (χ1) is 9.49. The van der Waals surface area contributed by atoms with Gasteiger partial charge in [0.15, 0.2) is 0 Å². The van der Waals surface area contributed by atoms with E-state index in [1.54, 1.807) is 11.0 Å². The van der Waals surface area contributed by atoms with Crippen molar-refractivity contribution in [1.82, 2.24) is 10.2 Å². The van der Waals surface area contributed by atoms with Crippen LogP contribution in [0.25, 0.3) is 0 Å². The molecule has 3 nitrogen and oxygen atoms in total. The molecule has 0 unspecified atom stereocenters. The van der Waals surface area contributed by atoms with Gasteiger partial charge in [-0.3, -0.25) is 0 Å². The van der Waals surface area contributed by atoms with Gasteiger partial charge in [0.2, 0.25) is 0 Å². The van der Waals surface area contributed by atoms with Crippen LogP contribution in [0.1, 0.15) is 19.4 Å². The number of nitrogens with zero attached hydrogens (tertiary/aromatic N) is 1. The normalized spacial score (nSPS) is 17.9. The summed E-state index contributed by atoms with van der Waals surface area (Å²) in [5, 5.41) is 3.15. The van der Waals surface area contributed by atoms with Gasteiger partial charge in [-0.2, -0.15) is 0 Å². The van der Waals surface area contributed by atoms with Crippen LogP contribution in [-0.2, 0) is 6.54 Å². The van der Waals surface area contributed by atoms with Crippen molar-refractivity contribution in [3.05, 3.63) is 46.8 Å². The number of carbonyl (C=O) groups excluding carboxylic acids is 1. The highest BCUT2D eigenvalue weighted by Gasteiger charge is 2.26. The number of nitrogens with one attached hydrogen (secondary N) is 1. The molecule has 108 valence electrons. The Kier molecular flexibility index (Phi) is 4.65. The van der Waals surface area contributed by atoms with Gasteiger partial charge in [-0.15, -0.1) is 0 Å². The lowest BCUT2D eigenvalue weighted by molar-refractivity contribution is 0.185. The smallest absolute Gasteiger partial charge is 0.318 e. The fraction of sp³-hybridized carbons (Fsp3) is 0.400. The van der Waals surface area contributed by atoms with Gasteiger partial charge in [-0.25, -0.2) is 9.18 Å². The van der Waals surface area contributed by atoms with Gasteiger partial charge in [0.05, 0.1) is 6.04 Å². The number of hydrogen-bond donors (Lipinski definition) is 1. The van der Waals surface area contributed by atoms with E-state index in [0.29, 0.717) is 29.6 Å². The molecule has 20 heavy (non-hydrogen) atoms. The van der Waals surface area contributed by atoms with Crippen LogP contribution in [0, 0.1) is 11.7 Å². The lowest BCUT2D eigenvalue weighted by Crippen LogP contribution is -2.44. The third kappa shape index (κ3) is 3.31. The molecule has 2 rings (SSSR count). The molecule has 0 radical (unpaired) electrons. The zero-order valence-electron chi connectivity index (χ0n) is 11.6. The number of hydrogen-bond acceptors (Lipinski definition) is 1. The Hall–Kier alpha value is -1.55. The van der Waals surface area contributed by atoms with E-state index in [0.717, 1.165) is 0 Å². The summed E-state index contributed by atoms with van der Waals surface area (Å²) in [4.78, 5) is 13.9. The average molecular weight is 297 g/mol. The van der Waals surface area contributed by atoms with E-state index < -0.39 is 0 Å². The first-order valence-electron chi connectivity index (χ1n) is 6.64. The number of rotatable bonds is 3. The van der Waals surface area contributed by atoms with Gasteiger partial charge in [0.1, 0.15) is 5.82 Å². The number of halogens is 2. The van der Waals surface area contributed by atoms with Gasteiger partial charge >= 0.3 is 6.03 Å². The van der Waals surface area contributed by atoms with E-state index in [1.807, 2.05) is 6.08 Å². The molecule has 1 aromatic carbocycles. The highest BCUT2D eigenvalue weighted by molar-refractivity contribution is 6.31. The SMILES string of the molecule is CC(C)[C@@H]1C=CCN1C(=O)NCc1ccc(F)cc1Cl. The van der Waals surface area contributed by atoms with Crippen LogP contribution in [0.3, 0.4) is 0 Å². The molecule has 0 aromatic heterocycles. The van der Waals surface area contributed by atoms with Gasteiger partial charge in [0.25, 0.3) is 0 Å². The first-order valence-corrected chi connectivity index (χ1v) is 7.02. The minimum absolute atomic E-state index is 0.124. The van der Waals surface area contributed by atoms with Crippen molar-refractivity contribution in [3.63, 3.8) is 0 Å². The van der Waals surface area contributed by atoms with Crippen molar-refractivity contribution in [2.24, 2.45) is 5.92 Å². The van der Waals surface area contributed by atoms with Gasteiger partial charge in [-0.05, 0) is 23.6 Å². The quantitative estimate of drug-likeness (QED) is 0.850. The summed E-state index contributed by atoms with van der Waals surface area (Å²) >= 11 is 5.93. The molecule has 0 fully saturated rings. The highest BCUT2D eigenvalue weighted by Crippen LogP contribution is 2.19. The number of benzene rings is 1. The molecule has 0 spiro atoms. The largest absolute Gasteiger partial charge is 0.334 e. The average Bonchev–Trinajstić information content (AvgIpc) is 2.86. The Morgan fingerprint density at radius 3 is 2.95 bits per heavy atom. The maximum Gasteiger partial charge on any atom is 0.318 e. The van der Waals surface area contributed by atoms with Crippen molar-refractivity contribution in [2.45, 2.75) is 26.4 Å². The standard InChI is InChI=1S/C15H18ClFN2O/c1-10(2)14-4-3-7-19(14)15(20)18-9-11-5-6-12(17)8-13(11)16/h3-6,8,10,14H,7,9H2,1-2H3,(H,18,20)/t14-/m0/s1. The molecule has 0 aliphatic carbocycles. The molecule has 1 aromatic rings. The second kappa shape index (κ2) is 6.27. The first kappa shape index (κ1) is 14.9. The van der Waals surface area contributed by atoms with Crippen molar-refractivity contribution in [1.29, 1.82) is 0 Å². The van der Waals surface area contributed by atoms with Gasteiger partial charge < -0.3 is 10.2 Å². The number of urea groups is 1. The second-order valence-corrected chi connectivity index (χ2v) is 5.62. The predicted molar refractivity (Wildman–Crippen MR) is 78.1 cm³/mol. The fourth-order valence-corrected chi connectivity index (χ4v) is 2.51. The number of amides is 2. The fourth-order valence-electron chi connectivity index (χ4n) is 2.28. The highest BCUT2D eigenvalue weighted by atomic mass is 35.5. The van der Waals surface area contributed by atoms with Crippen molar-refractivity contribution in [3.8, 4) is 0 Å². The van der Waals surface area contributed by atoms with Crippen molar-refractivity contribution >= 4 is 17.6 Å². The van der Waals surface area contributed by atoms with E-state index in [1.165, 1.54) is 12.1 Å². The topological polar surface area (TPSA) is 32.3 Å². The second-order valence-electron chi connectivity index (χ2n) is 5.21. The summed E-state index contributed by atoms with van der Waals surface area (Å²) in [7, 11) is 0. The molecule has 2 amide bonds. The molecule has 1 heterocycles. The third-order valence-corrected chi connectivity index (χ3v) is 3.74. The molecular formula is C15H18ClFN2O. The molecule has 5 heteroatoms. The molecule has 1 aliphatic heterocycles. The Balaban J connectivity index is 1.95. The summed E-state index contributed by atoms with van der Waals surface area (Å²) in [6, 6.07) is 4.16. The van der Waals surface area contributed by atoms with Crippen LogP contribution >= 0.6 is 11.6 Å². The molecule has 1 N–H and O–H groups in total. The molecule has 1 atom stereocenters. The van der Waals surface area contributed by atoms with E-state index >= 15 is 0 Å². The Morgan fingerprint density at radius 2 is 2.30 bits per heavy atom. The third-order valence-electron chi connectivity index (χ3n) is 3.38. The maximum absolute atomic E-state index is 12.9. The lowest BCUT2D eigenvalue weighted by Gasteiger charge is -2.27. The zero-order chi connectivity index (χ0) is 14.7. The predicted octanol–water partition coefficient (Wildman–Crippen LogP) is 3.59. The van der Waals surface area contributed by atoms with Crippen LogP contribution in [0.15, 0.2) is 30.4 Å². The van der Waals surface area contributed by atoms with Crippen LogP contribution in [0.4, 0.5) is 9.18 Å². The van der Waals surface area contributed by atoms with E-state index in [9.17, 15) is 9.18 Å². The van der Waals surface area contributed by atoms with E-state index in [2.05, 4.69) is 25.2 Å². The summed E-state index contributed by atoms with van der Waals surface area (Å²) < 4.78 is 12.9. The van der Waals surface area contributed by atoms with Crippen molar-refractivity contribution in [2.75, 3.05) is 6.54 Å². The Labute approximate surface area is 123 Å². The van der Waals surface area contributed by atoms with Gasteiger partial charge in [-0.1, -0.05) is 43.7 Å². The zero-order valence-corrected chi connectivity index (χ0v) is 12.3. The summed E-state index contributed by atoms with van der Waals surface area (Å²) in [6.45, 7) is 5.07. The van der Waals surface area contributed by atoms with Crippen molar-refractivity contribution < 1.29 is 9.18 Å². The lowest BCUT2D eigenvalue weighted by atomic mass is 10.1. The van der Waals surface area contributed by atoms with Crippen LogP contribution < -0.4 is 5.32 Å². The summed E-state index contributed by atoms with van der Waals surface area (Å²) in [6.07, 6.45) is 4.05. The van der Waals surface area contributed by atoms with Crippen LogP contribution in [0.5, 0.6) is 0 Å². The summed E-state index contributed by atoms with van der Waals surface area (Å²) in [5.41, 5.74) is 0.703. The monoisotopic (exact) mass is 296 g/mol. The minimum atomic E-state index is -0.381. The minimum Gasteiger partial charge on any atom is -0.334 e. The Bertz CT molecular complexity index is 531. The van der Waals surface area contributed by atoms with E-state index in [-0.39, 0.29) is 17.9 Å². The van der Waals surface area contributed by atoms with Crippen LogP contribution in [-0.4, -0.2) is 23.5 Å². The van der Waals surface area contributed by atoms with Crippen LogP contribution in [0.2, 0.25) is 5.02 Å². The molecular weight excluding hydrogens is 279 g/mol.